The summed E-state index contributed by atoms with van der Waals surface area (Å²) in [6.45, 7) is 3.96. The van der Waals surface area contributed by atoms with Crippen LogP contribution in [0.2, 0.25) is 0 Å². The van der Waals surface area contributed by atoms with Crippen LogP contribution in [0, 0.1) is 0 Å². The van der Waals surface area contributed by atoms with Gasteiger partial charge in [0.2, 0.25) is 0 Å². The minimum Gasteiger partial charge on any atom is -0.457 e. The molecule has 0 spiro atoms. The quantitative estimate of drug-likeness (QED) is 0.600. The molecule has 32 heavy (non-hydrogen) atoms. The second-order valence-corrected chi connectivity index (χ2v) is 8.46. The highest BCUT2D eigenvalue weighted by molar-refractivity contribution is 5.33. The molecule has 0 saturated carbocycles. The van der Waals surface area contributed by atoms with E-state index in [0.717, 1.165) is 17.1 Å². The summed E-state index contributed by atoms with van der Waals surface area (Å²) >= 11 is 0. The molecule has 1 N–H and O–H groups in total. The Labute approximate surface area is 185 Å². The third-order valence-corrected chi connectivity index (χ3v) is 5.53. The maximum atomic E-state index is 9.62. The molecule has 4 atom stereocenters. The second-order valence-electron chi connectivity index (χ2n) is 8.46. The number of tetrazole rings is 1. The normalized spacial score (nSPS) is 26.2. The average molecular weight is 438 g/mol. The lowest BCUT2D eigenvalue weighted by atomic mass is 10.1. The van der Waals surface area contributed by atoms with Crippen LogP contribution in [0.25, 0.3) is 0 Å². The van der Waals surface area contributed by atoms with E-state index < -0.39 is 11.9 Å². The summed E-state index contributed by atoms with van der Waals surface area (Å²) in [5.41, 5.74) is 1.05. The summed E-state index contributed by atoms with van der Waals surface area (Å²) in [7, 11) is 0. The molecule has 0 amide bonds. The van der Waals surface area contributed by atoms with E-state index >= 15 is 0 Å². The van der Waals surface area contributed by atoms with Crippen molar-refractivity contribution in [1.82, 2.24) is 20.2 Å². The molecule has 168 valence electrons. The Morgan fingerprint density at radius 2 is 1.66 bits per heavy atom. The lowest BCUT2D eigenvalue weighted by Crippen LogP contribution is -2.33. The van der Waals surface area contributed by atoms with Gasteiger partial charge in [-0.1, -0.05) is 30.3 Å². The van der Waals surface area contributed by atoms with Crippen LogP contribution in [0.15, 0.2) is 54.6 Å². The number of hydrogen-bond donors (Lipinski definition) is 1. The van der Waals surface area contributed by atoms with Gasteiger partial charge < -0.3 is 24.1 Å². The van der Waals surface area contributed by atoms with E-state index in [2.05, 4.69) is 15.4 Å². The summed E-state index contributed by atoms with van der Waals surface area (Å²) in [5, 5.41) is 22.4. The van der Waals surface area contributed by atoms with Crippen molar-refractivity contribution in [2.45, 2.75) is 57.0 Å². The zero-order valence-electron chi connectivity index (χ0n) is 18.0. The van der Waals surface area contributed by atoms with Crippen LogP contribution in [0.5, 0.6) is 11.5 Å². The van der Waals surface area contributed by atoms with Gasteiger partial charge in [0.25, 0.3) is 0 Å². The van der Waals surface area contributed by atoms with Crippen molar-refractivity contribution in [2.24, 2.45) is 0 Å². The van der Waals surface area contributed by atoms with E-state index in [1.54, 1.807) is 0 Å². The summed E-state index contributed by atoms with van der Waals surface area (Å²) in [5.74, 6) is 1.47. The molecule has 9 nitrogen and oxygen atoms in total. The van der Waals surface area contributed by atoms with Gasteiger partial charge in [-0.3, -0.25) is 0 Å². The lowest BCUT2D eigenvalue weighted by molar-refractivity contribution is -0.191. The van der Waals surface area contributed by atoms with Gasteiger partial charge in [-0.05, 0) is 48.9 Å². The van der Waals surface area contributed by atoms with Crippen LogP contribution in [0.1, 0.15) is 25.2 Å². The number of hydrogen-bond acceptors (Lipinski definition) is 8. The first kappa shape index (κ1) is 21.0. The Bertz CT molecular complexity index is 1040. The Balaban J connectivity index is 1.20. The number of aliphatic hydroxyl groups excluding tert-OH is 1. The zero-order chi connectivity index (χ0) is 22.1. The van der Waals surface area contributed by atoms with Crippen molar-refractivity contribution in [1.29, 1.82) is 0 Å². The highest BCUT2D eigenvalue weighted by atomic mass is 16.8. The van der Waals surface area contributed by atoms with Crippen LogP contribution in [-0.4, -0.2) is 62.1 Å². The summed E-state index contributed by atoms with van der Waals surface area (Å²) < 4.78 is 23.6. The van der Waals surface area contributed by atoms with Crippen LogP contribution in [0.4, 0.5) is 0 Å². The number of fused-ring (bicyclic) bond motifs is 1. The van der Waals surface area contributed by atoms with Crippen molar-refractivity contribution in [3.63, 3.8) is 0 Å². The van der Waals surface area contributed by atoms with E-state index in [0.29, 0.717) is 18.8 Å². The van der Waals surface area contributed by atoms with Crippen LogP contribution in [-0.2, 0) is 27.2 Å². The molecule has 9 heteroatoms. The fourth-order valence-corrected chi connectivity index (χ4v) is 4.13. The van der Waals surface area contributed by atoms with Crippen LogP contribution >= 0.6 is 0 Å². The van der Waals surface area contributed by atoms with Crippen molar-refractivity contribution in [3.8, 4) is 11.5 Å². The first-order chi connectivity index (χ1) is 15.5. The van der Waals surface area contributed by atoms with Gasteiger partial charge in [0, 0.05) is 6.42 Å². The van der Waals surface area contributed by atoms with Crippen LogP contribution in [0.3, 0.4) is 0 Å². The molecule has 0 aliphatic carbocycles. The molecule has 0 unspecified atom stereocenters. The molecular weight excluding hydrogens is 412 g/mol. The molecule has 2 saturated heterocycles. The van der Waals surface area contributed by atoms with Gasteiger partial charge in [-0.15, -0.1) is 10.2 Å². The third kappa shape index (κ3) is 4.51. The predicted octanol–water partition coefficient (Wildman–Crippen LogP) is 2.34. The number of aliphatic hydroxyl groups is 1. The van der Waals surface area contributed by atoms with E-state index in [4.69, 9.17) is 18.9 Å². The number of benzene rings is 2. The molecule has 2 fully saturated rings. The van der Waals surface area contributed by atoms with E-state index in [1.165, 1.54) is 4.80 Å². The molecule has 1 aromatic heterocycles. The third-order valence-electron chi connectivity index (χ3n) is 5.53. The fourth-order valence-electron chi connectivity index (χ4n) is 4.13. The fraction of sp³-hybridized carbons (Fsp3) is 0.435. The van der Waals surface area contributed by atoms with Crippen molar-refractivity contribution < 1.29 is 24.1 Å². The molecular formula is C23H26N4O5. The molecule has 2 aliphatic heterocycles. The van der Waals surface area contributed by atoms with E-state index in [-0.39, 0.29) is 24.9 Å². The number of rotatable bonds is 7. The van der Waals surface area contributed by atoms with Crippen molar-refractivity contribution in [2.75, 3.05) is 6.61 Å². The van der Waals surface area contributed by atoms with Gasteiger partial charge >= 0.3 is 0 Å². The Morgan fingerprint density at radius 1 is 0.969 bits per heavy atom. The zero-order valence-corrected chi connectivity index (χ0v) is 18.0. The van der Waals surface area contributed by atoms with Crippen molar-refractivity contribution >= 4 is 0 Å². The largest absolute Gasteiger partial charge is 0.457 e. The van der Waals surface area contributed by atoms with Gasteiger partial charge in [0.15, 0.2) is 11.6 Å². The van der Waals surface area contributed by atoms with Gasteiger partial charge in [-0.2, -0.15) is 4.80 Å². The number of para-hydroxylation sites is 1. The van der Waals surface area contributed by atoms with E-state index in [1.807, 2.05) is 68.4 Å². The van der Waals surface area contributed by atoms with Gasteiger partial charge in [0.1, 0.15) is 35.9 Å². The second kappa shape index (κ2) is 8.59. The minimum atomic E-state index is -0.706. The molecule has 2 aromatic carbocycles. The highest BCUT2D eigenvalue weighted by Crippen LogP contribution is 2.38. The Hall–Kier alpha value is -2.85. The summed E-state index contributed by atoms with van der Waals surface area (Å²) in [6, 6.07) is 17.5. The monoisotopic (exact) mass is 438 g/mol. The lowest BCUT2D eigenvalue weighted by Gasteiger charge is -2.23. The Morgan fingerprint density at radius 3 is 2.38 bits per heavy atom. The maximum Gasteiger partial charge on any atom is 0.179 e. The van der Waals surface area contributed by atoms with Crippen molar-refractivity contribution in [3.05, 3.63) is 66.0 Å². The predicted molar refractivity (Wildman–Crippen MR) is 113 cm³/mol. The minimum absolute atomic E-state index is 0.128. The first-order valence-corrected chi connectivity index (χ1v) is 10.7. The maximum absolute atomic E-state index is 9.62. The summed E-state index contributed by atoms with van der Waals surface area (Å²) in [6.07, 6.45) is -0.787. The molecule has 0 radical (unpaired) electrons. The number of ether oxygens (including phenoxy) is 4. The van der Waals surface area contributed by atoms with Gasteiger partial charge in [-0.25, -0.2) is 0 Å². The smallest absolute Gasteiger partial charge is 0.179 e. The number of aromatic nitrogens is 4. The van der Waals surface area contributed by atoms with E-state index in [9.17, 15) is 5.11 Å². The molecule has 5 rings (SSSR count). The average Bonchev–Trinajstić information content (AvgIpc) is 3.44. The molecule has 0 bridgehead atoms. The SMILES string of the molecule is CC1(C)O[C@@H]2[C@H](O1)[C@@H](CO)O[C@H]2Cn1nnc(Cc2ccc(Oc3ccccc3)cc2)n1. The van der Waals surface area contributed by atoms with Crippen LogP contribution < -0.4 is 4.74 Å². The molecule has 2 aliphatic rings. The standard InChI is InChI=1S/C23H26N4O5/c1-23(2)31-21-18(30-19(14-28)22(21)32-23)13-27-25-20(24-26-27)12-15-8-10-17(11-9-15)29-16-6-4-3-5-7-16/h3-11,18-19,21-22,28H,12-14H2,1-2H3/t18-,19+,21-,22+/m0/s1. The first-order valence-electron chi connectivity index (χ1n) is 10.7. The van der Waals surface area contributed by atoms with Gasteiger partial charge in [0.05, 0.1) is 13.2 Å². The molecule has 3 aromatic rings. The highest BCUT2D eigenvalue weighted by Gasteiger charge is 2.55. The number of nitrogens with zero attached hydrogens (tertiary/aromatic N) is 4. The summed E-state index contributed by atoms with van der Waals surface area (Å²) in [4.78, 5) is 1.51. The molecule has 3 heterocycles. The topological polar surface area (TPSA) is 101 Å². The Kier molecular flexibility index (Phi) is 5.64.